The molecule has 0 spiro atoms. The van der Waals surface area contributed by atoms with Gasteiger partial charge in [-0.25, -0.2) is 0 Å². The molecule has 0 bridgehead atoms. The third-order valence-corrected chi connectivity index (χ3v) is 9.56. The van der Waals surface area contributed by atoms with Crippen molar-refractivity contribution >= 4 is 54.8 Å². The summed E-state index contributed by atoms with van der Waals surface area (Å²) in [5.74, 6) is 0. The van der Waals surface area contributed by atoms with Gasteiger partial charge in [0.05, 0.1) is 21.9 Å². The smallest absolute Gasteiger partial charge is 0.213 e. The number of benzene rings is 7. The van der Waals surface area contributed by atoms with Crippen LogP contribution in [-0.2, 0) is 0 Å². The predicted molar refractivity (Wildman–Crippen MR) is 196 cm³/mol. The van der Waals surface area contributed by atoms with E-state index in [2.05, 4.69) is 173 Å². The van der Waals surface area contributed by atoms with E-state index in [1.54, 1.807) is 0 Å². The summed E-state index contributed by atoms with van der Waals surface area (Å²) in [5.41, 5.74) is 12.3. The number of para-hydroxylation sites is 4. The summed E-state index contributed by atoms with van der Waals surface area (Å²) in [6.07, 6.45) is 0. The van der Waals surface area contributed by atoms with Gasteiger partial charge in [0, 0.05) is 32.9 Å². The van der Waals surface area contributed by atoms with Gasteiger partial charge in [0.25, 0.3) is 0 Å². The molecule has 0 aliphatic carbocycles. The van der Waals surface area contributed by atoms with Crippen molar-refractivity contribution in [2.24, 2.45) is 0 Å². The van der Waals surface area contributed by atoms with Crippen LogP contribution in [0.25, 0.3) is 88.4 Å². The highest BCUT2D eigenvalue weighted by molar-refractivity contribution is 6.20. The number of rotatable bonds is 4. The Bertz CT molecular complexity index is 2710. The fraction of sp³-hybridized carbons (Fsp3) is 0. The first-order chi connectivity index (χ1) is 23.3. The molecule has 10 aromatic rings. The van der Waals surface area contributed by atoms with Crippen molar-refractivity contribution in [1.82, 2.24) is 9.13 Å². The van der Waals surface area contributed by atoms with E-state index in [1.165, 1.54) is 38.3 Å². The summed E-state index contributed by atoms with van der Waals surface area (Å²) in [6.45, 7) is 0. The Kier molecular flexibility index (Phi) is 5.57. The van der Waals surface area contributed by atoms with Gasteiger partial charge in [0.2, 0.25) is 5.71 Å². The van der Waals surface area contributed by atoms with Gasteiger partial charge in [-0.05, 0) is 76.9 Å². The molecule has 0 unspecified atom stereocenters. The number of hydrogen-bond donors (Lipinski definition) is 0. The van der Waals surface area contributed by atoms with E-state index in [9.17, 15) is 0 Å². The second-order valence-electron chi connectivity index (χ2n) is 12.2. The molecular formula is C44H28N2O. The highest BCUT2D eigenvalue weighted by Gasteiger charge is 2.19. The Hall–Kier alpha value is -6.32. The van der Waals surface area contributed by atoms with Crippen LogP contribution in [0.1, 0.15) is 0 Å². The highest BCUT2D eigenvalue weighted by Crippen LogP contribution is 2.40. The fourth-order valence-corrected chi connectivity index (χ4v) is 7.36. The van der Waals surface area contributed by atoms with Crippen molar-refractivity contribution in [2.75, 3.05) is 0 Å². The lowest BCUT2D eigenvalue weighted by molar-refractivity contribution is 0.645. The molecule has 0 aliphatic heterocycles. The number of hydrogen-bond acceptors (Lipinski definition) is 1. The van der Waals surface area contributed by atoms with Gasteiger partial charge in [-0.1, -0.05) is 115 Å². The number of furan rings is 1. The monoisotopic (exact) mass is 600 g/mol. The van der Waals surface area contributed by atoms with Crippen LogP contribution >= 0.6 is 0 Å². The Balaban J connectivity index is 1.00. The lowest BCUT2D eigenvalue weighted by Crippen LogP contribution is -1.93. The topological polar surface area (TPSA) is 23.0 Å². The summed E-state index contributed by atoms with van der Waals surface area (Å²) in [4.78, 5) is 0. The Labute approximate surface area is 271 Å². The van der Waals surface area contributed by atoms with Crippen molar-refractivity contribution in [1.29, 1.82) is 0 Å². The zero-order chi connectivity index (χ0) is 30.9. The average Bonchev–Trinajstić information content (AvgIpc) is 3.79. The summed E-state index contributed by atoms with van der Waals surface area (Å²) >= 11 is 0. The molecule has 0 N–H and O–H groups in total. The third-order valence-electron chi connectivity index (χ3n) is 9.56. The maximum Gasteiger partial charge on any atom is 0.213 e. The maximum atomic E-state index is 6.63. The van der Waals surface area contributed by atoms with Crippen LogP contribution in [0.3, 0.4) is 0 Å². The molecule has 3 heteroatoms. The normalized spacial score (nSPS) is 11.8. The maximum absolute atomic E-state index is 6.63. The number of aromatic nitrogens is 2. The van der Waals surface area contributed by atoms with Crippen molar-refractivity contribution in [2.45, 2.75) is 0 Å². The Morgan fingerprint density at radius 2 is 0.809 bits per heavy atom. The summed E-state index contributed by atoms with van der Waals surface area (Å²) in [5, 5.41) is 6.04. The van der Waals surface area contributed by atoms with Crippen molar-refractivity contribution in [3.05, 3.63) is 170 Å². The standard InChI is InChI=1S/C44H28N2O/c1-2-10-33(11-3-1)46-41-17-9-6-14-37(41)43-38-27-24-32(28-42(38)47-44(43)46)31-20-18-29(19-21-31)30-22-25-34(26-23-30)45-39-15-7-4-12-35(39)36-13-5-8-16-40(36)45/h1-28H. The van der Waals surface area contributed by atoms with Crippen LogP contribution in [0, 0.1) is 0 Å². The van der Waals surface area contributed by atoms with Gasteiger partial charge in [-0.15, -0.1) is 0 Å². The molecule has 0 saturated heterocycles. The summed E-state index contributed by atoms with van der Waals surface area (Å²) < 4.78 is 11.2. The molecule has 3 heterocycles. The zero-order valence-corrected chi connectivity index (χ0v) is 25.5. The van der Waals surface area contributed by atoms with Crippen LogP contribution in [0.4, 0.5) is 0 Å². The molecule has 10 rings (SSSR count). The summed E-state index contributed by atoms with van der Waals surface area (Å²) in [6, 6.07) is 60.6. The van der Waals surface area contributed by atoms with Gasteiger partial charge >= 0.3 is 0 Å². The first kappa shape index (κ1) is 26.0. The van der Waals surface area contributed by atoms with Crippen LogP contribution in [0.15, 0.2) is 174 Å². The summed E-state index contributed by atoms with van der Waals surface area (Å²) in [7, 11) is 0. The van der Waals surface area contributed by atoms with E-state index in [-0.39, 0.29) is 0 Å². The molecule has 3 nitrogen and oxygen atoms in total. The second kappa shape index (κ2) is 10.1. The molecule has 220 valence electrons. The quantitative estimate of drug-likeness (QED) is 0.197. The van der Waals surface area contributed by atoms with E-state index in [0.29, 0.717) is 0 Å². The molecule has 0 radical (unpaired) electrons. The first-order valence-corrected chi connectivity index (χ1v) is 16.0. The molecule has 3 aromatic heterocycles. The SMILES string of the molecule is c1ccc(-n2c3ccccc3c3c4ccc(-c5ccc(-c6ccc(-n7c8ccccc8c8ccccc87)cc6)cc5)cc4oc32)cc1. The number of fused-ring (bicyclic) bond motifs is 8. The Morgan fingerprint density at radius 3 is 1.45 bits per heavy atom. The van der Waals surface area contributed by atoms with Gasteiger partial charge in [0.1, 0.15) is 5.58 Å². The van der Waals surface area contributed by atoms with Crippen LogP contribution < -0.4 is 0 Å². The minimum atomic E-state index is 0.879. The van der Waals surface area contributed by atoms with E-state index >= 15 is 0 Å². The van der Waals surface area contributed by atoms with Crippen LogP contribution in [0.2, 0.25) is 0 Å². The van der Waals surface area contributed by atoms with Gasteiger partial charge < -0.3 is 8.98 Å². The molecule has 0 saturated carbocycles. The van der Waals surface area contributed by atoms with Crippen molar-refractivity contribution < 1.29 is 4.42 Å². The molecule has 7 aromatic carbocycles. The van der Waals surface area contributed by atoms with Crippen molar-refractivity contribution in [3.8, 4) is 33.6 Å². The molecule has 47 heavy (non-hydrogen) atoms. The van der Waals surface area contributed by atoms with Gasteiger partial charge in [-0.2, -0.15) is 0 Å². The van der Waals surface area contributed by atoms with Gasteiger partial charge in [-0.3, -0.25) is 4.57 Å². The fourth-order valence-electron chi connectivity index (χ4n) is 7.36. The molecule has 0 atom stereocenters. The second-order valence-corrected chi connectivity index (χ2v) is 12.2. The number of nitrogens with zero attached hydrogens (tertiary/aromatic N) is 2. The molecule has 0 amide bonds. The van der Waals surface area contributed by atoms with Crippen molar-refractivity contribution in [3.63, 3.8) is 0 Å². The molecule has 0 fully saturated rings. The minimum Gasteiger partial charge on any atom is -0.439 e. The molecule has 0 aliphatic rings. The van der Waals surface area contributed by atoms with E-state index in [1.807, 2.05) is 6.07 Å². The third kappa shape index (κ3) is 3.93. The Morgan fingerprint density at radius 1 is 0.340 bits per heavy atom. The van der Waals surface area contributed by atoms with Crippen LogP contribution in [0.5, 0.6) is 0 Å². The van der Waals surface area contributed by atoms with E-state index in [0.717, 1.165) is 50.1 Å². The largest absolute Gasteiger partial charge is 0.439 e. The zero-order valence-electron chi connectivity index (χ0n) is 25.5. The highest BCUT2D eigenvalue weighted by atomic mass is 16.3. The van der Waals surface area contributed by atoms with E-state index < -0.39 is 0 Å². The van der Waals surface area contributed by atoms with Gasteiger partial charge in [0.15, 0.2) is 0 Å². The lowest BCUT2D eigenvalue weighted by atomic mass is 9.99. The lowest BCUT2D eigenvalue weighted by Gasteiger charge is -2.10. The minimum absolute atomic E-state index is 0.879. The molecular weight excluding hydrogens is 572 g/mol. The average molecular weight is 601 g/mol. The van der Waals surface area contributed by atoms with Crippen LogP contribution in [-0.4, -0.2) is 9.13 Å². The predicted octanol–water partition coefficient (Wildman–Crippen LogP) is 12.0. The first-order valence-electron chi connectivity index (χ1n) is 16.0. The van der Waals surface area contributed by atoms with E-state index in [4.69, 9.17) is 4.42 Å².